The molecule has 0 amide bonds. The average molecular weight is 252 g/mol. The van der Waals surface area contributed by atoms with Gasteiger partial charge in [-0.05, 0) is 51.4 Å². The molecule has 18 heavy (non-hydrogen) atoms. The summed E-state index contributed by atoms with van der Waals surface area (Å²) in [6, 6.07) is 1.43. The van der Waals surface area contributed by atoms with Crippen molar-refractivity contribution < 1.29 is 0 Å². The van der Waals surface area contributed by atoms with Crippen molar-refractivity contribution in [3.8, 4) is 0 Å². The van der Waals surface area contributed by atoms with Gasteiger partial charge in [-0.2, -0.15) is 0 Å². The zero-order valence-corrected chi connectivity index (χ0v) is 13.2. The highest BCUT2D eigenvalue weighted by atomic mass is 15.2. The van der Waals surface area contributed by atoms with Gasteiger partial charge in [-0.3, -0.25) is 0 Å². The highest BCUT2D eigenvalue weighted by Crippen LogP contribution is 2.39. The lowest BCUT2D eigenvalue weighted by Crippen LogP contribution is -2.50. The molecule has 2 fully saturated rings. The molecule has 3 atom stereocenters. The predicted octanol–water partition coefficient (Wildman–Crippen LogP) is 2.94. The molecule has 0 aromatic rings. The Hall–Kier alpha value is -0.0800. The second kappa shape index (κ2) is 5.50. The van der Waals surface area contributed by atoms with Crippen LogP contribution in [0, 0.1) is 23.7 Å². The van der Waals surface area contributed by atoms with E-state index in [0.29, 0.717) is 6.04 Å². The van der Waals surface area contributed by atoms with Crippen LogP contribution in [0.25, 0.3) is 0 Å². The van der Waals surface area contributed by atoms with Gasteiger partial charge >= 0.3 is 0 Å². The lowest BCUT2D eigenvalue weighted by Gasteiger charge is -2.44. The van der Waals surface area contributed by atoms with Crippen LogP contribution in [0.4, 0.5) is 0 Å². The van der Waals surface area contributed by atoms with Crippen LogP contribution in [0.2, 0.25) is 0 Å². The second-order valence-electron chi connectivity index (χ2n) is 7.43. The van der Waals surface area contributed by atoms with E-state index in [1.807, 2.05) is 0 Å². The molecule has 2 heteroatoms. The molecule has 0 radical (unpaired) electrons. The molecular weight excluding hydrogens is 220 g/mol. The van der Waals surface area contributed by atoms with Crippen LogP contribution in [-0.2, 0) is 0 Å². The van der Waals surface area contributed by atoms with Crippen molar-refractivity contribution in [3.05, 3.63) is 0 Å². The van der Waals surface area contributed by atoms with Crippen LogP contribution in [-0.4, -0.2) is 48.1 Å². The van der Waals surface area contributed by atoms with Gasteiger partial charge in [-0.25, -0.2) is 0 Å². The van der Waals surface area contributed by atoms with Gasteiger partial charge in [0.2, 0.25) is 0 Å². The second-order valence-corrected chi connectivity index (χ2v) is 7.43. The van der Waals surface area contributed by atoms with Crippen molar-refractivity contribution in [1.82, 2.24) is 9.80 Å². The molecule has 2 aliphatic rings. The minimum atomic E-state index is 0.709. The van der Waals surface area contributed by atoms with Crippen molar-refractivity contribution in [2.75, 3.05) is 26.2 Å². The molecule has 0 saturated carbocycles. The summed E-state index contributed by atoms with van der Waals surface area (Å²) in [4.78, 5) is 5.42. The topological polar surface area (TPSA) is 6.48 Å². The van der Waals surface area contributed by atoms with Crippen LogP contribution >= 0.6 is 0 Å². The largest absolute Gasteiger partial charge is 0.300 e. The van der Waals surface area contributed by atoms with Gasteiger partial charge in [0.05, 0.1) is 0 Å². The fraction of sp³-hybridized carbons (Fsp3) is 1.00. The van der Waals surface area contributed by atoms with Crippen molar-refractivity contribution in [3.63, 3.8) is 0 Å². The highest BCUT2D eigenvalue weighted by molar-refractivity contribution is 4.96. The number of nitrogens with zero attached hydrogens (tertiary/aromatic N) is 2. The Kier molecular flexibility index (Phi) is 4.38. The van der Waals surface area contributed by atoms with E-state index in [2.05, 4.69) is 51.3 Å². The molecule has 0 bridgehead atoms. The fourth-order valence-electron chi connectivity index (χ4n) is 3.94. The Morgan fingerprint density at radius 2 is 1.22 bits per heavy atom. The average Bonchev–Trinajstić information content (AvgIpc) is 2.70. The normalized spacial score (nSPS) is 34.8. The maximum absolute atomic E-state index is 2.72. The number of rotatable bonds is 3. The lowest BCUT2D eigenvalue weighted by atomic mass is 9.74. The molecule has 106 valence electrons. The van der Waals surface area contributed by atoms with Crippen molar-refractivity contribution >= 4 is 0 Å². The molecule has 2 nitrogen and oxygen atoms in total. The summed E-state index contributed by atoms with van der Waals surface area (Å²) in [5, 5.41) is 0. The monoisotopic (exact) mass is 252 g/mol. The molecule has 0 aliphatic carbocycles. The molecule has 2 rings (SSSR count). The summed E-state index contributed by atoms with van der Waals surface area (Å²) < 4.78 is 0. The number of likely N-dealkylation sites (tertiary alicyclic amines) is 2. The van der Waals surface area contributed by atoms with E-state index in [-0.39, 0.29) is 0 Å². The Labute approximate surface area is 114 Å². The highest BCUT2D eigenvalue weighted by Gasteiger charge is 2.44. The van der Waals surface area contributed by atoms with Gasteiger partial charge in [0.25, 0.3) is 0 Å². The summed E-state index contributed by atoms with van der Waals surface area (Å²) >= 11 is 0. The Morgan fingerprint density at radius 1 is 0.722 bits per heavy atom. The number of hydrogen-bond donors (Lipinski definition) is 0. The Balaban J connectivity index is 2.11. The smallest absolute Gasteiger partial charge is 0.00388 e. The van der Waals surface area contributed by atoms with Gasteiger partial charge < -0.3 is 9.80 Å². The van der Waals surface area contributed by atoms with Crippen LogP contribution in [0.3, 0.4) is 0 Å². The van der Waals surface area contributed by atoms with Crippen LogP contribution in [0.1, 0.15) is 41.5 Å². The maximum Gasteiger partial charge on any atom is 0.00388 e. The molecule has 2 aliphatic heterocycles. The van der Waals surface area contributed by atoms with Gasteiger partial charge in [-0.1, -0.05) is 13.8 Å². The zero-order valence-electron chi connectivity index (χ0n) is 13.2. The molecule has 0 N–H and O–H groups in total. The number of hydrogen-bond acceptors (Lipinski definition) is 2. The van der Waals surface area contributed by atoms with E-state index >= 15 is 0 Å². The third-order valence-electron chi connectivity index (χ3n) is 5.30. The first kappa shape index (κ1) is 14.3. The van der Waals surface area contributed by atoms with E-state index in [1.165, 1.54) is 26.2 Å². The molecule has 2 saturated heterocycles. The third-order valence-corrected chi connectivity index (χ3v) is 5.30. The van der Waals surface area contributed by atoms with Gasteiger partial charge in [0.15, 0.2) is 0 Å². The first-order valence-electron chi connectivity index (χ1n) is 7.88. The van der Waals surface area contributed by atoms with Crippen molar-refractivity contribution in [2.24, 2.45) is 23.7 Å². The summed E-state index contributed by atoms with van der Waals surface area (Å²) in [6.45, 7) is 19.6. The molecule has 0 aromatic carbocycles. The quantitative estimate of drug-likeness (QED) is 0.762. The summed E-state index contributed by atoms with van der Waals surface area (Å²) in [5.74, 6) is 3.58. The van der Waals surface area contributed by atoms with E-state index in [0.717, 1.165) is 29.7 Å². The van der Waals surface area contributed by atoms with Crippen molar-refractivity contribution in [1.29, 1.82) is 0 Å². The van der Waals surface area contributed by atoms with E-state index < -0.39 is 0 Å². The van der Waals surface area contributed by atoms with Gasteiger partial charge in [-0.15, -0.1) is 0 Å². The minimum absolute atomic E-state index is 0.709. The first-order valence-corrected chi connectivity index (χ1v) is 7.88. The van der Waals surface area contributed by atoms with Gasteiger partial charge in [0, 0.05) is 38.3 Å². The van der Waals surface area contributed by atoms with Gasteiger partial charge in [0.1, 0.15) is 0 Å². The van der Waals surface area contributed by atoms with Crippen molar-refractivity contribution in [2.45, 2.75) is 53.6 Å². The maximum atomic E-state index is 2.72. The number of fused-ring (bicyclic) bond motifs is 1. The molecular formula is C16H32N2. The SMILES string of the molecule is CC(C)[C@H]1CN(C(C)C)C[C@@H]2CN(C(C)C)C[C@H]21. The molecule has 0 spiro atoms. The minimum Gasteiger partial charge on any atom is -0.300 e. The summed E-state index contributed by atoms with van der Waals surface area (Å²) in [6.07, 6.45) is 0. The van der Waals surface area contributed by atoms with Crippen LogP contribution in [0.15, 0.2) is 0 Å². The Bertz CT molecular complexity index is 272. The third kappa shape index (κ3) is 2.75. The summed E-state index contributed by atoms with van der Waals surface area (Å²) in [7, 11) is 0. The Morgan fingerprint density at radius 3 is 1.67 bits per heavy atom. The molecule has 0 aromatic heterocycles. The molecule has 2 heterocycles. The first-order chi connectivity index (χ1) is 8.40. The standard InChI is InChI=1S/C16H32N2/c1-11(2)15-9-17(12(3)4)7-14-8-18(13(5)6)10-16(14)15/h11-16H,7-10H2,1-6H3/t14-,15-,16-/m1/s1. The van der Waals surface area contributed by atoms with Crippen LogP contribution < -0.4 is 0 Å². The molecule has 0 unspecified atom stereocenters. The predicted molar refractivity (Wildman–Crippen MR) is 78.7 cm³/mol. The fourth-order valence-corrected chi connectivity index (χ4v) is 3.94. The van der Waals surface area contributed by atoms with E-state index in [4.69, 9.17) is 0 Å². The zero-order chi connectivity index (χ0) is 13.4. The van der Waals surface area contributed by atoms with E-state index in [9.17, 15) is 0 Å². The van der Waals surface area contributed by atoms with E-state index in [1.54, 1.807) is 0 Å². The van der Waals surface area contributed by atoms with Crippen LogP contribution in [0.5, 0.6) is 0 Å². The number of piperidine rings is 1. The summed E-state index contributed by atoms with van der Waals surface area (Å²) in [5.41, 5.74) is 0. The lowest BCUT2D eigenvalue weighted by molar-refractivity contribution is 0.0439.